The Bertz CT molecular complexity index is 1010. The largest absolute Gasteiger partial charge is 0.507 e. The topological polar surface area (TPSA) is 70.1 Å². The van der Waals surface area contributed by atoms with Crippen molar-refractivity contribution in [2.75, 3.05) is 32.8 Å². The van der Waals surface area contributed by atoms with Crippen molar-refractivity contribution >= 4 is 28.8 Å². The van der Waals surface area contributed by atoms with Gasteiger partial charge in [0.05, 0.1) is 18.2 Å². The molecule has 1 saturated heterocycles. The summed E-state index contributed by atoms with van der Waals surface area (Å²) in [6.45, 7) is 13.7. The van der Waals surface area contributed by atoms with Gasteiger partial charge in [-0.2, -0.15) is 0 Å². The molecule has 1 aliphatic heterocycles. The molecule has 0 spiro atoms. The molecule has 1 aromatic carbocycles. The van der Waals surface area contributed by atoms with E-state index < -0.39 is 17.7 Å². The number of ether oxygens (including phenoxy) is 1. The van der Waals surface area contributed by atoms with E-state index in [0.29, 0.717) is 36.9 Å². The maximum Gasteiger partial charge on any atom is 0.295 e. The van der Waals surface area contributed by atoms with Gasteiger partial charge in [-0.3, -0.25) is 9.59 Å². The highest BCUT2D eigenvalue weighted by Gasteiger charge is 2.46. The van der Waals surface area contributed by atoms with Crippen molar-refractivity contribution in [3.05, 3.63) is 57.3 Å². The second kappa shape index (κ2) is 11.0. The van der Waals surface area contributed by atoms with Crippen LogP contribution in [0, 0.1) is 12.8 Å². The van der Waals surface area contributed by atoms with Gasteiger partial charge in [0.2, 0.25) is 0 Å². The van der Waals surface area contributed by atoms with Crippen LogP contribution in [0.1, 0.15) is 49.7 Å². The van der Waals surface area contributed by atoms with Crippen molar-refractivity contribution in [3.63, 3.8) is 0 Å². The van der Waals surface area contributed by atoms with Gasteiger partial charge < -0.3 is 19.6 Å². The van der Waals surface area contributed by atoms with Crippen molar-refractivity contribution in [3.8, 4) is 5.75 Å². The molecule has 1 unspecified atom stereocenters. The molecule has 2 aromatic rings. The van der Waals surface area contributed by atoms with Crippen molar-refractivity contribution in [2.24, 2.45) is 5.92 Å². The molecule has 0 radical (unpaired) electrons. The van der Waals surface area contributed by atoms with E-state index >= 15 is 0 Å². The minimum absolute atomic E-state index is 0.146. The number of hydrogen-bond donors (Lipinski definition) is 1. The van der Waals surface area contributed by atoms with Gasteiger partial charge in [0.15, 0.2) is 0 Å². The van der Waals surface area contributed by atoms with E-state index in [4.69, 9.17) is 4.74 Å². The normalized spacial score (nSPS) is 18.0. The first-order valence-corrected chi connectivity index (χ1v) is 12.4. The summed E-state index contributed by atoms with van der Waals surface area (Å²) in [6.07, 6.45) is 0. The van der Waals surface area contributed by atoms with Gasteiger partial charge in [-0.15, -0.1) is 11.3 Å². The second-order valence-corrected chi connectivity index (χ2v) is 9.66. The molecule has 0 aliphatic carbocycles. The van der Waals surface area contributed by atoms with Crippen LogP contribution in [-0.4, -0.2) is 59.4 Å². The third-order valence-electron chi connectivity index (χ3n) is 5.95. The second-order valence-electron chi connectivity index (χ2n) is 8.72. The number of aliphatic hydroxyl groups is 1. The fourth-order valence-electron chi connectivity index (χ4n) is 3.96. The Morgan fingerprint density at radius 3 is 2.36 bits per heavy atom. The van der Waals surface area contributed by atoms with E-state index in [2.05, 4.69) is 32.6 Å². The van der Waals surface area contributed by atoms with E-state index in [-0.39, 0.29) is 11.3 Å². The van der Waals surface area contributed by atoms with Gasteiger partial charge in [0, 0.05) is 23.5 Å². The summed E-state index contributed by atoms with van der Waals surface area (Å²) < 4.78 is 5.72. The number of amides is 1. The van der Waals surface area contributed by atoms with Gasteiger partial charge in [0.25, 0.3) is 11.7 Å². The molecule has 3 rings (SSSR count). The molecule has 33 heavy (non-hydrogen) atoms. The molecule has 1 aliphatic rings. The van der Waals surface area contributed by atoms with Crippen molar-refractivity contribution in [2.45, 2.75) is 40.7 Å². The van der Waals surface area contributed by atoms with Crippen LogP contribution in [0.2, 0.25) is 0 Å². The van der Waals surface area contributed by atoms with Gasteiger partial charge >= 0.3 is 0 Å². The number of likely N-dealkylation sites (tertiary alicyclic amines) is 1. The monoisotopic (exact) mass is 470 g/mol. The number of carbonyl (C=O) groups excluding carboxylic acids is 2. The summed E-state index contributed by atoms with van der Waals surface area (Å²) in [5.74, 6) is -0.236. The van der Waals surface area contributed by atoms with Gasteiger partial charge in [-0.05, 0) is 67.2 Å². The van der Waals surface area contributed by atoms with Crippen LogP contribution in [0.25, 0.3) is 5.76 Å². The van der Waals surface area contributed by atoms with Crippen LogP contribution >= 0.6 is 11.3 Å². The predicted octanol–water partition coefficient (Wildman–Crippen LogP) is 4.85. The van der Waals surface area contributed by atoms with Crippen molar-refractivity contribution in [1.82, 2.24) is 9.80 Å². The number of benzene rings is 1. The first-order chi connectivity index (χ1) is 15.8. The molecule has 1 fully saturated rings. The number of ketones is 1. The highest BCUT2D eigenvalue weighted by molar-refractivity contribution is 7.10. The number of aryl methyl sites for hydroxylation is 1. The van der Waals surface area contributed by atoms with Crippen molar-refractivity contribution < 1.29 is 19.4 Å². The van der Waals surface area contributed by atoms with Crippen LogP contribution in [-0.2, 0) is 9.59 Å². The summed E-state index contributed by atoms with van der Waals surface area (Å²) in [6, 6.07) is 8.40. The Morgan fingerprint density at radius 1 is 1.15 bits per heavy atom. The lowest BCUT2D eigenvalue weighted by Gasteiger charge is -2.27. The molecule has 1 amide bonds. The lowest BCUT2D eigenvalue weighted by atomic mass is 9.98. The molecule has 1 atom stereocenters. The number of Topliss-reactive ketones (excluding diaryl/α,β-unsaturated/α-hetero) is 1. The Hall–Kier alpha value is -2.64. The average Bonchev–Trinajstić information content (AvgIpc) is 3.33. The summed E-state index contributed by atoms with van der Waals surface area (Å²) in [7, 11) is 0. The molecule has 0 bridgehead atoms. The summed E-state index contributed by atoms with van der Waals surface area (Å²) in [4.78, 5) is 30.9. The van der Waals surface area contributed by atoms with Crippen LogP contribution in [0.5, 0.6) is 5.75 Å². The Balaban J connectivity index is 1.99. The van der Waals surface area contributed by atoms with Crippen LogP contribution in [0.4, 0.5) is 0 Å². The number of nitrogens with zero attached hydrogens (tertiary/aromatic N) is 2. The summed E-state index contributed by atoms with van der Waals surface area (Å²) >= 11 is 1.50. The van der Waals surface area contributed by atoms with E-state index in [1.807, 2.05) is 18.4 Å². The van der Waals surface area contributed by atoms with Crippen LogP contribution in [0.3, 0.4) is 0 Å². The van der Waals surface area contributed by atoms with Crippen LogP contribution in [0.15, 0.2) is 41.3 Å². The maximum atomic E-state index is 13.1. The molecular weight excluding hydrogens is 436 g/mol. The molecule has 2 heterocycles. The standard InChI is InChI=1S/C26H34N2O4S/c1-6-27(7-2)13-14-28-22(25-18(5)12-15-33-25)21(24(30)26(28)31)23(29)19-8-10-20(11-9-19)32-16-17(3)4/h8-12,15,17,22,29H,6-7,13-14,16H2,1-5H3/b23-21-. The Kier molecular flexibility index (Phi) is 8.32. The number of rotatable bonds is 10. The number of aliphatic hydroxyl groups excluding tert-OH is 1. The van der Waals surface area contributed by atoms with E-state index in [9.17, 15) is 14.7 Å². The first-order valence-electron chi connectivity index (χ1n) is 11.6. The van der Waals surface area contributed by atoms with E-state index in [1.54, 1.807) is 29.2 Å². The smallest absolute Gasteiger partial charge is 0.295 e. The number of likely N-dealkylation sites (N-methyl/N-ethyl adjacent to an activating group) is 1. The summed E-state index contributed by atoms with van der Waals surface area (Å²) in [5.41, 5.74) is 1.65. The number of hydrogen-bond acceptors (Lipinski definition) is 6. The number of thiophene rings is 1. The predicted molar refractivity (Wildman–Crippen MR) is 133 cm³/mol. The Labute approximate surface area is 200 Å². The molecule has 1 aromatic heterocycles. The third kappa shape index (κ3) is 5.47. The lowest BCUT2D eigenvalue weighted by molar-refractivity contribution is -0.140. The zero-order valence-electron chi connectivity index (χ0n) is 20.1. The van der Waals surface area contributed by atoms with Crippen LogP contribution < -0.4 is 4.74 Å². The zero-order valence-corrected chi connectivity index (χ0v) is 20.9. The highest BCUT2D eigenvalue weighted by atomic mass is 32.1. The maximum absolute atomic E-state index is 13.1. The van der Waals surface area contributed by atoms with Gasteiger partial charge in [0.1, 0.15) is 11.5 Å². The first kappa shape index (κ1) is 25.0. The van der Waals surface area contributed by atoms with Gasteiger partial charge in [-0.1, -0.05) is 27.7 Å². The SMILES string of the molecule is CCN(CC)CCN1C(=O)C(=O)/C(=C(\O)c2ccc(OCC(C)C)cc2)C1c1sccc1C. The van der Waals surface area contributed by atoms with E-state index in [1.165, 1.54) is 11.3 Å². The molecule has 0 saturated carbocycles. The summed E-state index contributed by atoms with van der Waals surface area (Å²) in [5, 5.41) is 13.2. The molecular formula is C26H34N2O4S. The zero-order chi connectivity index (χ0) is 24.1. The molecule has 1 N–H and O–H groups in total. The average molecular weight is 471 g/mol. The Morgan fingerprint density at radius 2 is 1.82 bits per heavy atom. The number of carbonyl (C=O) groups is 2. The highest BCUT2D eigenvalue weighted by Crippen LogP contribution is 2.42. The third-order valence-corrected chi connectivity index (χ3v) is 7.02. The molecule has 7 heteroatoms. The van der Waals surface area contributed by atoms with Gasteiger partial charge in [-0.25, -0.2) is 0 Å². The quantitative estimate of drug-likeness (QED) is 0.305. The van der Waals surface area contributed by atoms with Crippen molar-refractivity contribution in [1.29, 1.82) is 0 Å². The molecule has 6 nitrogen and oxygen atoms in total. The fraction of sp³-hybridized carbons (Fsp3) is 0.462. The molecule has 178 valence electrons. The van der Waals surface area contributed by atoms with E-state index in [0.717, 1.165) is 23.5 Å². The minimum atomic E-state index is -0.634. The fourth-order valence-corrected chi connectivity index (χ4v) is 5.01. The minimum Gasteiger partial charge on any atom is -0.507 e. The lowest BCUT2D eigenvalue weighted by Crippen LogP contribution is -2.37.